The van der Waals surface area contributed by atoms with Gasteiger partial charge in [0.1, 0.15) is 6.61 Å². The first-order valence-electron chi connectivity index (χ1n) is 7.39. The maximum atomic E-state index is 13.8. The molecule has 2 atom stereocenters. The molecule has 0 aromatic heterocycles. The molecule has 5 heteroatoms. The first-order chi connectivity index (χ1) is 10.5. The largest absolute Gasteiger partial charge is 0.475 e. The van der Waals surface area contributed by atoms with Crippen molar-refractivity contribution >= 4 is 5.91 Å². The molecule has 0 unspecified atom stereocenters. The second kappa shape index (κ2) is 7.26. The van der Waals surface area contributed by atoms with Gasteiger partial charge < -0.3 is 10.1 Å². The number of hydrogen-bond donors (Lipinski definition) is 1. The molecule has 1 saturated carbocycles. The van der Waals surface area contributed by atoms with Crippen molar-refractivity contribution in [3.8, 4) is 18.1 Å². The minimum absolute atomic E-state index is 0.0461. The van der Waals surface area contributed by atoms with Gasteiger partial charge in [-0.15, -0.1) is 6.42 Å². The normalized spacial score (nSPS) is 21.0. The number of rotatable bonds is 4. The number of carbonyl (C=O) groups excluding carboxylic acids is 1. The second-order valence-electron chi connectivity index (χ2n) is 5.60. The van der Waals surface area contributed by atoms with Crippen LogP contribution in [0.25, 0.3) is 0 Å². The van der Waals surface area contributed by atoms with Gasteiger partial charge in [-0.3, -0.25) is 4.79 Å². The van der Waals surface area contributed by atoms with E-state index >= 15 is 0 Å². The van der Waals surface area contributed by atoms with Gasteiger partial charge in [-0.2, -0.15) is 0 Å². The summed E-state index contributed by atoms with van der Waals surface area (Å²) in [5, 5.41) is 2.86. The van der Waals surface area contributed by atoms with Gasteiger partial charge in [0.2, 0.25) is 0 Å². The van der Waals surface area contributed by atoms with Crippen molar-refractivity contribution in [2.45, 2.75) is 38.6 Å². The molecule has 1 fully saturated rings. The third kappa shape index (κ3) is 3.76. The molecule has 1 aliphatic rings. The maximum Gasteiger partial charge on any atom is 0.251 e. The highest BCUT2D eigenvalue weighted by Crippen LogP contribution is 2.26. The quantitative estimate of drug-likeness (QED) is 0.867. The van der Waals surface area contributed by atoms with Crippen LogP contribution in [0.4, 0.5) is 8.78 Å². The Balaban J connectivity index is 2.11. The van der Waals surface area contributed by atoms with Crippen molar-refractivity contribution in [3.05, 3.63) is 29.3 Å². The molecule has 0 bridgehead atoms. The minimum Gasteiger partial charge on any atom is -0.475 e. The summed E-state index contributed by atoms with van der Waals surface area (Å²) in [5.74, 6) is -0.395. The monoisotopic (exact) mass is 307 g/mol. The summed E-state index contributed by atoms with van der Waals surface area (Å²) in [6.07, 6.45) is 9.13. The minimum atomic E-state index is -0.933. The van der Waals surface area contributed by atoms with Crippen LogP contribution in [-0.4, -0.2) is 18.6 Å². The molecule has 0 radical (unpaired) electrons. The Morgan fingerprint density at radius 3 is 2.59 bits per heavy atom. The van der Waals surface area contributed by atoms with Gasteiger partial charge in [0.15, 0.2) is 17.4 Å². The lowest BCUT2D eigenvalue weighted by Crippen LogP contribution is -2.41. The molecule has 1 aromatic rings. The van der Waals surface area contributed by atoms with E-state index in [9.17, 15) is 13.6 Å². The third-order valence-corrected chi connectivity index (χ3v) is 3.99. The lowest BCUT2D eigenvalue weighted by Gasteiger charge is -2.29. The second-order valence-corrected chi connectivity index (χ2v) is 5.60. The fourth-order valence-corrected chi connectivity index (χ4v) is 2.73. The van der Waals surface area contributed by atoms with Crippen molar-refractivity contribution < 1.29 is 18.3 Å². The standard InChI is InChI=1S/C17H19F2NO2/c1-3-8-22-16-13(18)9-12(10-14(16)19)17(21)20-15-7-5-4-6-11(15)2/h1,9-11,15H,4-8H2,2H3,(H,20,21)/t11-,15+/m0/s1. The van der Waals surface area contributed by atoms with Gasteiger partial charge in [0.25, 0.3) is 5.91 Å². The molecular formula is C17H19F2NO2. The SMILES string of the molecule is C#CCOc1c(F)cc(C(=O)N[C@@H]2CCCC[C@@H]2C)cc1F. The van der Waals surface area contributed by atoms with Crippen LogP contribution in [0.5, 0.6) is 5.75 Å². The van der Waals surface area contributed by atoms with Crippen LogP contribution in [0, 0.1) is 29.9 Å². The van der Waals surface area contributed by atoms with Crippen LogP contribution in [0.15, 0.2) is 12.1 Å². The van der Waals surface area contributed by atoms with E-state index in [1.807, 2.05) is 0 Å². The Morgan fingerprint density at radius 1 is 1.36 bits per heavy atom. The van der Waals surface area contributed by atoms with Crippen LogP contribution >= 0.6 is 0 Å². The molecule has 1 aliphatic carbocycles. The van der Waals surface area contributed by atoms with E-state index in [2.05, 4.69) is 18.2 Å². The molecule has 118 valence electrons. The average molecular weight is 307 g/mol. The molecule has 1 N–H and O–H groups in total. The first-order valence-corrected chi connectivity index (χ1v) is 7.39. The molecule has 0 saturated heterocycles. The van der Waals surface area contributed by atoms with E-state index in [0.717, 1.165) is 37.8 Å². The van der Waals surface area contributed by atoms with Crippen molar-refractivity contribution in [2.75, 3.05) is 6.61 Å². The van der Waals surface area contributed by atoms with Crippen LogP contribution in [0.3, 0.4) is 0 Å². The van der Waals surface area contributed by atoms with E-state index in [1.165, 1.54) is 0 Å². The predicted molar refractivity (Wildman–Crippen MR) is 79.6 cm³/mol. The number of hydrogen-bond acceptors (Lipinski definition) is 2. The van der Waals surface area contributed by atoms with Crippen molar-refractivity contribution in [2.24, 2.45) is 5.92 Å². The molecule has 1 aromatic carbocycles. The molecule has 0 aliphatic heterocycles. The van der Waals surface area contributed by atoms with Crippen molar-refractivity contribution in [3.63, 3.8) is 0 Å². The number of halogens is 2. The number of benzene rings is 1. The van der Waals surface area contributed by atoms with E-state index in [-0.39, 0.29) is 18.2 Å². The van der Waals surface area contributed by atoms with E-state index < -0.39 is 23.3 Å². The highest BCUT2D eigenvalue weighted by Gasteiger charge is 2.24. The molecule has 1 amide bonds. The van der Waals surface area contributed by atoms with E-state index in [0.29, 0.717) is 5.92 Å². The number of nitrogens with one attached hydrogen (secondary N) is 1. The summed E-state index contributed by atoms with van der Waals surface area (Å²) in [4.78, 5) is 12.2. The highest BCUT2D eigenvalue weighted by molar-refractivity contribution is 5.94. The van der Waals surface area contributed by atoms with Gasteiger partial charge in [-0.25, -0.2) is 8.78 Å². The topological polar surface area (TPSA) is 38.3 Å². The first kappa shape index (κ1) is 16.3. The summed E-state index contributed by atoms with van der Waals surface area (Å²) < 4.78 is 32.5. The number of terminal acetylenes is 1. The Hall–Kier alpha value is -2.09. The highest BCUT2D eigenvalue weighted by atomic mass is 19.1. The maximum absolute atomic E-state index is 13.8. The van der Waals surface area contributed by atoms with E-state index in [1.54, 1.807) is 0 Å². The van der Waals surface area contributed by atoms with Gasteiger partial charge in [-0.05, 0) is 30.9 Å². The van der Waals surface area contributed by atoms with Gasteiger partial charge in [0.05, 0.1) is 0 Å². The molecule has 3 nitrogen and oxygen atoms in total. The third-order valence-electron chi connectivity index (χ3n) is 3.99. The summed E-state index contributed by atoms with van der Waals surface area (Å²) in [5.41, 5.74) is -0.0548. The fourth-order valence-electron chi connectivity index (χ4n) is 2.73. The Labute approximate surface area is 129 Å². The molecule has 2 rings (SSSR count). The van der Waals surface area contributed by atoms with Gasteiger partial charge in [0, 0.05) is 11.6 Å². The average Bonchev–Trinajstić information content (AvgIpc) is 2.48. The van der Waals surface area contributed by atoms with Crippen molar-refractivity contribution in [1.29, 1.82) is 0 Å². The fraction of sp³-hybridized carbons (Fsp3) is 0.471. The van der Waals surface area contributed by atoms with Gasteiger partial charge in [-0.1, -0.05) is 25.7 Å². The van der Waals surface area contributed by atoms with Crippen LogP contribution in [0.2, 0.25) is 0 Å². The Kier molecular flexibility index (Phi) is 5.37. The van der Waals surface area contributed by atoms with E-state index in [4.69, 9.17) is 11.2 Å². The predicted octanol–water partition coefficient (Wildman–Crippen LogP) is 3.29. The Morgan fingerprint density at radius 2 is 2.00 bits per heavy atom. The zero-order valence-electron chi connectivity index (χ0n) is 12.5. The summed E-state index contributed by atoms with van der Waals surface area (Å²) in [7, 11) is 0. The number of ether oxygens (including phenoxy) is 1. The summed E-state index contributed by atoms with van der Waals surface area (Å²) in [6.45, 7) is 1.83. The summed E-state index contributed by atoms with van der Waals surface area (Å²) in [6, 6.07) is 1.99. The van der Waals surface area contributed by atoms with Crippen LogP contribution in [-0.2, 0) is 0 Å². The lowest BCUT2D eigenvalue weighted by atomic mass is 9.86. The lowest BCUT2D eigenvalue weighted by molar-refractivity contribution is 0.0909. The number of amides is 1. The summed E-state index contributed by atoms with van der Waals surface area (Å²) >= 11 is 0. The number of carbonyl (C=O) groups is 1. The van der Waals surface area contributed by atoms with Gasteiger partial charge >= 0.3 is 0 Å². The van der Waals surface area contributed by atoms with Crippen molar-refractivity contribution in [1.82, 2.24) is 5.32 Å². The van der Waals surface area contributed by atoms with Crippen LogP contribution < -0.4 is 10.1 Å². The molecular weight excluding hydrogens is 288 g/mol. The Bertz CT molecular complexity index is 572. The molecule has 0 spiro atoms. The van der Waals surface area contributed by atoms with Crippen LogP contribution in [0.1, 0.15) is 43.0 Å². The smallest absolute Gasteiger partial charge is 0.251 e. The molecule has 0 heterocycles. The zero-order chi connectivity index (χ0) is 16.1. The zero-order valence-corrected chi connectivity index (χ0v) is 12.5. The molecule has 22 heavy (non-hydrogen) atoms.